The molecule has 0 bridgehead atoms. The summed E-state index contributed by atoms with van der Waals surface area (Å²) in [5.74, 6) is 0.691. The summed E-state index contributed by atoms with van der Waals surface area (Å²) in [6.45, 7) is 4.12. The van der Waals surface area contributed by atoms with Gasteiger partial charge in [-0.25, -0.2) is 0 Å². The third kappa shape index (κ3) is 1.86. The van der Waals surface area contributed by atoms with Gasteiger partial charge in [-0.3, -0.25) is 4.79 Å². The number of ether oxygens (including phenoxy) is 1. The van der Waals surface area contributed by atoms with Gasteiger partial charge in [0.25, 0.3) is 0 Å². The standard InChI is InChI=1S/C11H12BrNO2/c1-11(2)6-15-8-5-3-4-7(12)9(8)13-10(11)14/h3-5H,6H2,1-2H3,(H,13,14). The summed E-state index contributed by atoms with van der Waals surface area (Å²) in [7, 11) is 0. The van der Waals surface area contributed by atoms with Crippen molar-refractivity contribution in [1.29, 1.82) is 0 Å². The van der Waals surface area contributed by atoms with Crippen molar-refractivity contribution in [2.24, 2.45) is 5.41 Å². The van der Waals surface area contributed by atoms with E-state index in [0.29, 0.717) is 18.0 Å². The highest BCUT2D eigenvalue weighted by Crippen LogP contribution is 2.37. The maximum atomic E-state index is 11.8. The van der Waals surface area contributed by atoms with Crippen LogP contribution in [0.1, 0.15) is 13.8 Å². The van der Waals surface area contributed by atoms with Crippen molar-refractivity contribution in [3.8, 4) is 5.75 Å². The van der Waals surface area contributed by atoms with Crippen LogP contribution in [0.3, 0.4) is 0 Å². The molecule has 0 unspecified atom stereocenters. The number of fused-ring (bicyclic) bond motifs is 1. The second-order valence-corrected chi connectivity index (χ2v) is 5.09. The molecule has 0 radical (unpaired) electrons. The second-order valence-electron chi connectivity index (χ2n) is 4.24. The quantitative estimate of drug-likeness (QED) is 0.787. The Labute approximate surface area is 96.9 Å². The van der Waals surface area contributed by atoms with Crippen LogP contribution in [0, 0.1) is 5.41 Å². The molecule has 0 atom stereocenters. The number of nitrogens with one attached hydrogen (secondary N) is 1. The Balaban J connectivity index is 2.45. The summed E-state index contributed by atoms with van der Waals surface area (Å²) in [5.41, 5.74) is 0.214. The molecule has 1 heterocycles. The van der Waals surface area contributed by atoms with Crippen LogP contribution in [0.4, 0.5) is 5.69 Å². The Bertz CT molecular complexity index is 415. The lowest BCUT2D eigenvalue weighted by Gasteiger charge is -2.18. The number of halogens is 1. The van der Waals surface area contributed by atoms with Gasteiger partial charge >= 0.3 is 0 Å². The summed E-state index contributed by atoms with van der Waals surface area (Å²) in [4.78, 5) is 11.8. The van der Waals surface area contributed by atoms with Crippen molar-refractivity contribution in [3.63, 3.8) is 0 Å². The molecule has 15 heavy (non-hydrogen) atoms. The summed E-state index contributed by atoms with van der Waals surface area (Å²) in [5, 5.41) is 2.87. The molecule has 0 aromatic heterocycles. The average molecular weight is 270 g/mol. The zero-order chi connectivity index (χ0) is 11.1. The van der Waals surface area contributed by atoms with Crippen LogP contribution in [0.15, 0.2) is 22.7 Å². The number of benzene rings is 1. The van der Waals surface area contributed by atoms with Gasteiger partial charge < -0.3 is 10.1 Å². The third-order valence-corrected chi connectivity index (χ3v) is 3.08. The summed E-state index contributed by atoms with van der Waals surface area (Å²) < 4.78 is 6.44. The number of amides is 1. The lowest BCUT2D eigenvalue weighted by atomic mass is 9.94. The Morgan fingerprint density at radius 1 is 1.47 bits per heavy atom. The number of carbonyl (C=O) groups is 1. The van der Waals surface area contributed by atoms with E-state index < -0.39 is 5.41 Å². The van der Waals surface area contributed by atoms with Gasteiger partial charge in [0.15, 0.2) is 0 Å². The van der Waals surface area contributed by atoms with Crippen LogP contribution in [0.5, 0.6) is 5.75 Å². The molecule has 3 nitrogen and oxygen atoms in total. The lowest BCUT2D eigenvalue weighted by Crippen LogP contribution is -2.33. The van der Waals surface area contributed by atoms with Gasteiger partial charge in [-0.15, -0.1) is 0 Å². The molecule has 2 rings (SSSR count). The van der Waals surface area contributed by atoms with E-state index in [1.165, 1.54) is 0 Å². The van der Waals surface area contributed by atoms with Crippen molar-refractivity contribution in [2.45, 2.75) is 13.8 Å². The Morgan fingerprint density at radius 2 is 2.20 bits per heavy atom. The fourth-order valence-corrected chi connectivity index (χ4v) is 1.80. The maximum Gasteiger partial charge on any atom is 0.233 e. The molecule has 1 aliphatic rings. The van der Waals surface area contributed by atoms with E-state index >= 15 is 0 Å². The van der Waals surface area contributed by atoms with Crippen LogP contribution in [-0.2, 0) is 4.79 Å². The molecule has 0 spiro atoms. The molecular formula is C11H12BrNO2. The smallest absolute Gasteiger partial charge is 0.233 e. The van der Waals surface area contributed by atoms with Gasteiger partial charge in [0.2, 0.25) is 5.91 Å². The average Bonchev–Trinajstić information content (AvgIpc) is 2.28. The SMILES string of the molecule is CC1(C)COc2cccc(Br)c2NC1=O. The fraction of sp³-hybridized carbons (Fsp3) is 0.364. The number of hydrogen-bond donors (Lipinski definition) is 1. The first kappa shape index (κ1) is 10.5. The van der Waals surface area contributed by atoms with Crippen LogP contribution >= 0.6 is 15.9 Å². The molecular weight excluding hydrogens is 258 g/mol. The van der Waals surface area contributed by atoms with E-state index in [1.54, 1.807) is 0 Å². The first-order chi connectivity index (χ1) is 7.00. The highest BCUT2D eigenvalue weighted by Gasteiger charge is 2.32. The number of anilines is 1. The third-order valence-electron chi connectivity index (χ3n) is 2.42. The fourth-order valence-electron chi connectivity index (χ4n) is 1.35. The van der Waals surface area contributed by atoms with Gasteiger partial charge in [-0.1, -0.05) is 6.07 Å². The largest absolute Gasteiger partial charge is 0.490 e. The van der Waals surface area contributed by atoms with Crippen molar-refractivity contribution in [2.75, 3.05) is 11.9 Å². The number of carbonyl (C=O) groups excluding carboxylic acids is 1. The van der Waals surface area contributed by atoms with Crippen LogP contribution in [0.25, 0.3) is 0 Å². The zero-order valence-electron chi connectivity index (χ0n) is 8.63. The van der Waals surface area contributed by atoms with Crippen molar-refractivity contribution in [3.05, 3.63) is 22.7 Å². The van der Waals surface area contributed by atoms with Crippen LogP contribution < -0.4 is 10.1 Å². The summed E-state index contributed by atoms with van der Waals surface area (Å²) >= 11 is 3.39. The Kier molecular flexibility index (Phi) is 2.46. The number of rotatable bonds is 0. The highest BCUT2D eigenvalue weighted by atomic mass is 79.9. The van der Waals surface area contributed by atoms with Gasteiger partial charge in [-0.05, 0) is 41.9 Å². The molecule has 4 heteroatoms. The van der Waals surface area contributed by atoms with E-state index in [4.69, 9.17) is 4.74 Å². The van der Waals surface area contributed by atoms with E-state index in [2.05, 4.69) is 21.2 Å². The minimum absolute atomic E-state index is 0.0202. The van der Waals surface area contributed by atoms with E-state index in [0.717, 1.165) is 4.47 Å². The Hall–Kier alpha value is -1.03. The molecule has 0 saturated carbocycles. The van der Waals surface area contributed by atoms with E-state index in [9.17, 15) is 4.79 Å². The molecule has 80 valence electrons. The molecule has 1 N–H and O–H groups in total. The molecule has 1 amide bonds. The van der Waals surface area contributed by atoms with Crippen LogP contribution in [-0.4, -0.2) is 12.5 Å². The zero-order valence-corrected chi connectivity index (χ0v) is 10.2. The first-order valence-electron chi connectivity index (χ1n) is 4.73. The minimum Gasteiger partial charge on any atom is -0.490 e. The summed E-state index contributed by atoms with van der Waals surface area (Å²) in [6.07, 6.45) is 0. The molecule has 1 aromatic carbocycles. The van der Waals surface area contributed by atoms with E-state index in [-0.39, 0.29) is 5.91 Å². The second kappa shape index (κ2) is 3.52. The van der Waals surface area contributed by atoms with Crippen molar-refractivity contribution < 1.29 is 9.53 Å². The minimum atomic E-state index is -0.502. The van der Waals surface area contributed by atoms with E-state index in [1.807, 2.05) is 32.0 Å². The summed E-state index contributed by atoms with van der Waals surface area (Å²) in [6, 6.07) is 5.61. The van der Waals surface area contributed by atoms with Gasteiger partial charge in [0.1, 0.15) is 12.4 Å². The topological polar surface area (TPSA) is 38.3 Å². The van der Waals surface area contributed by atoms with Crippen LogP contribution in [0.2, 0.25) is 0 Å². The normalized spacial score (nSPS) is 18.5. The van der Waals surface area contributed by atoms with Crippen molar-refractivity contribution >= 4 is 27.5 Å². The predicted octanol–water partition coefficient (Wildman–Crippen LogP) is 2.81. The molecule has 1 aromatic rings. The number of para-hydroxylation sites is 1. The molecule has 0 aliphatic carbocycles. The molecule has 0 saturated heterocycles. The van der Waals surface area contributed by atoms with Gasteiger partial charge in [0.05, 0.1) is 11.1 Å². The Morgan fingerprint density at radius 3 is 2.93 bits per heavy atom. The van der Waals surface area contributed by atoms with Crippen molar-refractivity contribution in [1.82, 2.24) is 0 Å². The molecule has 0 fully saturated rings. The highest BCUT2D eigenvalue weighted by molar-refractivity contribution is 9.10. The maximum absolute atomic E-state index is 11.8. The van der Waals surface area contributed by atoms with Gasteiger partial charge in [-0.2, -0.15) is 0 Å². The van der Waals surface area contributed by atoms with Gasteiger partial charge in [0, 0.05) is 4.47 Å². The lowest BCUT2D eigenvalue weighted by molar-refractivity contribution is -0.124. The monoisotopic (exact) mass is 269 g/mol. The molecule has 1 aliphatic heterocycles. The predicted molar refractivity (Wildman–Crippen MR) is 62.0 cm³/mol. The first-order valence-corrected chi connectivity index (χ1v) is 5.53. The number of hydrogen-bond acceptors (Lipinski definition) is 2.